The van der Waals surface area contributed by atoms with Crippen LogP contribution in [-0.2, 0) is 12.0 Å². The molecule has 4 nitrogen and oxygen atoms in total. The van der Waals surface area contributed by atoms with E-state index < -0.39 is 12.5 Å². The van der Waals surface area contributed by atoms with Gasteiger partial charge in [-0.1, -0.05) is 32.9 Å². The van der Waals surface area contributed by atoms with Crippen LogP contribution in [0.4, 0.5) is 8.78 Å². The Labute approximate surface area is 152 Å². The molecule has 6 heteroatoms. The van der Waals surface area contributed by atoms with E-state index in [4.69, 9.17) is 4.74 Å². The quantitative estimate of drug-likeness (QED) is 0.831. The second kappa shape index (κ2) is 7.81. The lowest BCUT2D eigenvalue weighted by Crippen LogP contribution is -2.23. The molecule has 1 amide bonds. The first-order chi connectivity index (χ1) is 12.0. The Balaban J connectivity index is 1.89. The van der Waals surface area contributed by atoms with Crippen LogP contribution in [0.3, 0.4) is 0 Å². The number of amides is 1. The Morgan fingerprint density at radius 3 is 2.23 bits per heavy atom. The van der Waals surface area contributed by atoms with Gasteiger partial charge in [0, 0.05) is 12.5 Å². The highest BCUT2D eigenvalue weighted by Gasteiger charge is 2.22. The van der Waals surface area contributed by atoms with Crippen molar-refractivity contribution in [2.45, 2.75) is 45.6 Å². The van der Waals surface area contributed by atoms with Gasteiger partial charge in [-0.15, -0.1) is 0 Å². The SMILES string of the molecule is CC(F)(F)COc1ccc(CNC(=O)c2ccc(C(C)(C)C)cc2)nc1. The number of nitrogens with one attached hydrogen (secondary N) is 1. The van der Waals surface area contributed by atoms with Gasteiger partial charge in [-0.2, -0.15) is 0 Å². The molecular weight excluding hydrogens is 338 g/mol. The van der Waals surface area contributed by atoms with E-state index in [0.29, 0.717) is 11.3 Å². The van der Waals surface area contributed by atoms with Crippen molar-refractivity contribution in [1.29, 1.82) is 0 Å². The minimum Gasteiger partial charge on any atom is -0.486 e. The summed E-state index contributed by atoms with van der Waals surface area (Å²) >= 11 is 0. The molecule has 140 valence electrons. The van der Waals surface area contributed by atoms with Crippen molar-refractivity contribution in [3.8, 4) is 5.75 Å². The van der Waals surface area contributed by atoms with Crippen LogP contribution in [0, 0.1) is 0 Å². The summed E-state index contributed by atoms with van der Waals surface area (Å²) in [5, 5.41) is 2.79. The number of carbonyl (C=O) groups is 1. The number of pyridine rings is 1. The summed E-state index contributed by atoms with van der Waals surface area (Å²) < 4.78 is 30.5. The molecule has 0 radical (unpaired) electrons. The Hall–Kier alpha value is -2.50. The van der Waals surface area contributed by atoms with Crippen molar-refractivity contribution >= 4 is 5.91 Å². The van der Waals surface area contributed by atoms with Gasteiger partial charge in [0.05, 0.1) is 18.4 Å². The first-order valence-electron chi connectivity index (χ1n) is 8.39. The third kappa shape index (κ3) is 6.10. The predicted octanol–water partition coefficient (Wildman–Crippen LogP) is 4.34. The fourth-order valence-electron chi connectivity index (χ4n) is 2.21. The molecule has 0 bridgehead atoms. The average molecular weight is 362 g/mol. The highest BCUT2D eigenvalue weighted by molar-refractivity contribution is 5.94. The molecule has 2 aromatic rings. The maximum atomic E-state index is 12.8. The van der Waals surface area contributed by atoms with Gasteiger partial charge < -0.3 is 10.1 Å². The molecule has 0 aliphatic rings. The molecule has 0 unspecified atom stereocenters. The standard InChI is InChI=1S/C20H24F2N2O2/c1-19(2,3)15-7-5-14(6-8-15)18(25)24-11-16-9-10-17(12-23-16)26-13-20(4,21)22/h5-10,12H,11,13H2,1-4H3,(H,24,25). The van der Waals surface area contributed by atoms with Crippen molar-refractivity contribution in [3.63, 3.8) is 0 Å². The smallest absolute Gasteiger partial charge is 0.278 e. The number of hydrogen-bond donors (Lipinski definition) is 1. The lowest BCUT2D eigenvalue weighted by atomic mass is 9.87. The maximum Gasteiger partial charge on any atom is 0.278 e. The van der Waals surface area contributed by atoms with Gasteiger partial charge in [-0.05, 0) is 35.2 Å². The van der Waals surface area contributed by atoms with Crippen molar-refractivity contribution < 1.29 is 18.3 Å². The van der Waals surface area contributed by atoms with Crippen molar-refractivity contribution in [2.24, 2.45) is 0 Å². The number of ether oxygens (including phenoxy) is 1. The zero-order chi connectivity index (χ0) is 19.4. The lowest BCUT2D eigenvalue weighted by molar-refractivity contribution is -0.0230. The highest BCUT2D eigenvalue weighted by Crippen LogP contribution is 2.22. The number of hydrogen-bond acceptors (Lipinski definition) is 3. The minimum absolute atomic E-state index is 0.0322. The van der Waals surface area contributed by atoms with Crippen molar-refractivity contribution in [2.75, 3.05) is 6.61 Å². The highest BCUT2D eigenvalue weighted by atomic mass is 19.3. The van der Waals surface area contributed by atoms with Crippen molar-refractivity contribution in [3.05, 3.63) is 59.4 Å². The lowest BCUT2D eigenvalue weighted by Gasteiger charge is -2.19. The van der Waals surface area contributed by atoms with Crippen LogP contribution in [0.25, 0.3) is 0 Å². The molecule has 0 saturated carbocycles. The van der Waals surface area contributed by atoms with Crippen molar-refractivity contribution in [1.82, 2.24) is 10.3 Å². The van der Waals surface area contributed by atoms with E-state index >= 15 is 0 Å². The summed E-state index contributed by atoms with van der Waals surface area (Å²) in [7, 11) is 0. The summed E-state index contributed by atoms with van der Waals surface area (Å²) in [5.74, 6) is -2.83. The van der Waals surface area contributed by atoms with Gasteiger partial charge in [0.15, 0.2) is 6.61 Å². The fraction of sp³-hybridized carbons (Fsp3) is 0.400. The molecule has 0 spiro atoms. The number of nitrogens with zero attached hydrogens (tertiary/aromatic N) is 1. The normalized spacial score (nSPS) is 11.9. The third-order valence-electron chi connectivity index (χ3n) is 3.73. The van der Waals surface area contributed by atoms with Gasteiger partial charge in [0.1, 0.15) is 5.75 Å². The summed E-state index contributed by atoms with van der Waals surface area (Å²) in [6.45, 7) is 6.67. The molecule has 1 N–H and O–H groups in total. The van der Waals surface area contributed by atoms with Crippen LogP contribution in [0.2, 0.25) is 0 Å². The molecule has 0 saturated heterocycles. The van der Waals surface area contributed by atoms with E-state index in [2.05, 4.69) is 31.1 Å². The average Bonchev–Trinajstić information content (AvgIpc) is 2.57. The molecule has 26 heavy (non-hydrogen) atoms. The molecule has 0 fully saturated rings. The molecule has 0 aliphatic carbocycles. The minimum atomic E-state index is -2.89. The number of halogens is 2. The second-order valence-electron chi connectivity index (χ2n) is 7.35. The fourth-order valence-corrected chi connectivity index (χ4v) is 2.21. The van der Waals surface area contributed by atoms with E-state index in [1.54, 1.807) is 24.3 Å². The van der Waals surface area contributed by atoms with Gasteiger partial charge in [0.2, 0.25) is 0 Å². The summed E-state index contributed by atoms with van der Waals surface area (Å²) in [4.78, 5) is 16.3. The van der Waals surface area contributed by atoms with Crippen LogP contribution >= 0.6 is 0 Å². The zero-order valence-electron chi connectivity index (χ0n) is 15.5. The van der Waals surface area contributed by atoms with Crippen LogP contribution in [-0.4, -0.2) is 23.4 Å². The zero-order valence-corrected chi connectivity index (χ0v) is 15.5. The Morgan fingerprint density at radius 1 is 1.08 bits per heavy atom. The van der Waals surface area contributed by atoms with Gasteiger partial charge in [-0.3, -0.25) is 9.78 Å². The topological polar surface area (TPSA) is 51.2 Å². The molecule has 1 heterocycles. The summed E-state index contributed by atoms with van der Waals surface area (Å²) in [6.07, 6.45) is 1.37. The van der Waals surface area contributed by atoms with Crippen LogP contribution in [0.1, 0.15) is 49.3 Å². The second-order valence-corrected chi connectivity index (χ2v) is 7.35. The number of rotatable bonds is 6. The Kier molecular flexibility index (Phi) is 5.95. The summed E-state index contributed by atoms with van der Waals surface area (Å²) in [6, 6.07) is 10.7. The number of aromatic nitrogens is 1. The van der Waals surface area contributed by atoms with E-state index in [1.807, 2.05) is 12.1 Å². The van der Waals surface area contributed by atoms with E-state index in [-0.39, 0.29) is 23.6 Å². The first-order valence-corrected chi connectivity index (χ1v) is 8.39. The molecule has 0 aliphatic heterocycles. The molecule has 1 aromatic carbocycles. The van der Waals surface area contributed by atoms with E-state index in [0.717, 1.165) is 12.5 Å². The van der Waals surface area contributed by atoms with Crippen LogP contribution in [0.15, 0.2) is 42.6 Å². The Bertz CT molecular complexity index is 730. The molecule has 0 atom stereocenters. The monoisotopic (exact) mass is 362 g/mol. The van der Waals surface area contributed by atoms with Gasteiger partial charge in [0.25, 0.3) is 11.8 Å². The van der Waals surface area contributed by atoms with Crippen LogP contribution in [0.5, 0.6) is 5.75 Å². The molecule has 1 aromatic heterocycles. The van der Waals surface area contributed by atoms with E-state index in [1.165, 1.54) is 6.20 Å². The van der Waals surface area contributed by atoms with Gasteiger partial charge >= 0.3 is 0 Å². The number of alkyl halides is 2. The third-order valence-corrected chi connectivity index (χ3v) is 3.73. The first kappa shape index (κ1) is 19.8. The van der Waals surface area contributed by atoms with Crippen LogP contribution < -0.4 is 10.1 Å². The molecular formula is C20H24F2N2O2. The number of benzene rings is 1. The predicted molar refractivity (Wildman–Crippen MR) is 96.7 cm³/mol. The molecule has 2 rings (SSSR count). The maximum absolute atomic E-state index is 12.8. The van der Waals surface area contributed by atoms with E-state index in [9.17, 15) is 13.6 Å². The summed E-state index contributed by atoms with van der Waals surface area (Å²) in [5.41, 5.74) is 2.37. The van der Waals surface area contributed by atoms with Gasteiger partial charge in [-0.25, -0.2) is 8.78 Å². The number of carbonyl (C=O) groups excluding carboxylic acids is 1. The Morgan fingerprint density at radius 2 is 1.73 bits per heavy atom. The largest absolute Gasteiger partial charge is 0.486 e.